The number of methoxy groups -OCH3 is 1. The van der Waals surface area contributed by atoms with Gasteiger partial charge in [-0.3, -0.25) is 9.48 Å². The topological polar surface area (TPSA) is 56.6 Å². The van der Waals surface area contributed by atoms with Crippen LogP contribution < -0.4 is 0 Å². The third kappa shape index (κ3) is 2.58. The lowest BCUT2D eigenvalue weighted by atomic mass is 9.92. The van der Waals surface area contributed by atoms with Gasteiger partial charge in [0.15, 0.2) is 0 Å². The van der Waals surface area contributed by atoms with Crippen molar-refractivity contribution in [2.24, 2.45) is 13.0 Å². The van der Waals surface area contributed by atoms with Crippen molar-refractivity contribution < 1.29 is 14.3 Å². The molecule has 2 aliphatic rings. The van der Waals surface area contributed by atoms with Gasteiger partial charge in [-0.2, -0.15) is 5.10 Å². The maximum absolute atomic E-state index is 13.0. The van der Waals surface area contributed by atoms with Gasteiger partial charge in [0, 0.05) is 26.9 Å². The number of nitrogens with zero attached hydrogens (tertiary/aromatic N) is 3. The molecule has 6 heteroatoms. The second-order valence-electron chi connectivity index (χ2n) is 6.24. The number of carbonyl (C=O) groups is 1. The van der Waals surface area contributed by atoms with Crippen LogP contribution in [0.3, 0.4) is 0 Å². The van der Waals surface area contributed by atoms with Gasteiger partial charge < -0.3 is 14.4 Å². The van der Waals surface area contributed by atoms with Crippen LogP contribution in [0, 0.1) is 5.92 Å². The zero-order valence-electron chi connectivity index (χ0n) is 13.0. The fourth-order valence-electron chi connectivity index (χ4n) is 3.25. The molecule has 1 saturated carbocycles. The number of amides is 1. The molecule has 21 heavy (non-hydrogen) atoms. The highest BCUT2D eigenvalue weighted by molar-refractivity contribution is 5.95. The summed E-state index contributed by atoms with van der Waals surface area (Å²) in [6, 6.07) is 0. The summed E-state index contributed by atoms with van der Waals surface area (Å²) < 4.78 is 12.5. The summed E-state index contributed by atoms with van der Waals surface area (Å²) in [6.45, 7) is 4.38. The minimum atomic E-state index is -0.185. The van der Waals surface area contributed by atoms with Crippen LogP contribution in [0.1, 0.15) is 35.8 Å². The van der Waals surface area contributed by atoms with E-state index in [4.69, 9.17) is 9.47 Å². The van der Waals surface area contributed by atoms with Crippen molar-refractivity contribution in [1.82, 2.24) is 14.7 Å². The van der Waals surface area contributed by atoms with Gasteiger partial charge in [-0.05, 0) is 25.7 Å². The van der Waals surface area contributed by atoms with Gasteiger partial charge in [0.1, 0.15) is 5.69 Å². The molecule has 1 atom stereocenters. The molecule has 0 spiro atoms. The van der Waals surface area contributed by atoms with E-state index in [9.17, 15) is 4.79 Å². The number of rotatable bonds is 4. The van der Waals surface area contributed by atoms with E-state index in [0.29, 0.717) is 43.5 Å². The minimum absolute atomic E-state index is 0.0489. The highest BCUT2D eigenvalue weighted by Crippen LogP contribution is 2.44. The van der Waals surface area contributed by atoms with Crippen molar-refractivity contribution in [2.75, 3.05) is 26.9 Å². The van der Waals surface area contributed by atoms with E-state index in [2.05, 4.69) is 12.0 Å². The Morgan fingerprint density at radius 1 is 1.57 bits per heavy atom. The molecular weight excluding hydrogens is 270 g/mol. The van der Waals surface area contributed by atoms with Crippen molar-refractivity contribution in [3.05, 3.63) is 17.5 Å². The number of aryl methyl sites for hydroxylation is 1. The molecule has 1 aromatic rings. The molecule has 1 aromatic heterocycles. The molecule has 1 unspecified atom stereocenters. The molecule has 0 N–H and O–H groups in total. The Hall–Kier alpha value is -1.40. The molecule has 1 aliphatic carbocycles. The fourth-order valence-corrected chi connectivity index (χ4v) is 3.25. The van der Waals surface area contributed by atoms with Crippen molar-refractivity contribution in [2.45, 2.75) is 31.9 Å². The molecular formula is C15H23N3O3. The first-order valence-electron chi connectivity index (χ1n) is 7.47. The van der Waals surface area contributed by atoms with Crippen LogP contribution in [-0.2, 0) is 23.1 Å². The molecule has 1 saturated heterocycles. The van der Waals surface area contributed by atoms with Crippen molar-refractivity contribution in [3.8, 4) is 0 Å². The Morgan fingerprint density at radius 2 is 2.33 bits per heavy atom. The van der Waals surface area contributed by atoms with E-state index in [-0.39, 0.29) is 11.4 Å². The summed E-state index contributed by atoms with van der Waals surface area (Å²) in [7, 11) is 3.45. The molecule has 2 fully saturated rings. The second-order valence-corrected chi connectivity index (χ2v) is 6.24. The molecule has 3 rings (SSSR count). The summed E-state index contributed by atoms with van der Waals surface area (Å²) in [4.78, 5) is 15.0. The van der Waals surface area contributed by atoms with Gasteiger partial charge in [0.25, 0.3) is 5.91 Å². The third-order valence-electron chi connectivity index (χ3n) is 4.59. The molecule has 6 nitrogen and oxygen atoms in total. The van der Waals surface area contributed by atoms with Gasteiger partial charge in [0.2, 0.25) is 0 Å². The highest BCUT2D eigenvalue weighted by Gasteiger charge is 2.49. The molecule has 2 heterocycles. The Labute approximate surface area is 125 Å². The van der Waals surface area contributed by atoms with Crippen LogP contribution in [0.5, 0.6) is 0 Å². The Bertz CT molecular complexity index is 538. The van der Waals surface area contributed by atoms with E-state index in [1.165, 1.54) is 12.8 Å². The summed E-state index contributed by atoms with van der Waals surface area (Å²) in [5, 5.41) is 4.34. The second kappa shape index (κ2) is 5.42. The lowest BCUT2D eigenvalue weighted by Crippen LogP contribution is -2.58. The highest BCUT2D eigenvalue weighted by atomic mass is 16.5. The lowest BCUT2D eigenvalue weighted by Gasteiger charge is -2.45. The van der Waals surface area contributed by atoms with Crippen LogP contribution in [-0.4, -0.2) is 53.0 Å². The SMILES string of the molecule is COCc1nn(C)cc1C(=O)N1CCOCC1(C)C1CC1. The zero-order valence-corrected chi connectivity index (χ0v) is 13.0. The normalized spacial score (nSPS) is 26.1. The standard InChI is InChI=1S/C15H23N3O3/c1-15(11-4-5-11)10-21-7-6-18(15)14(19)12-8-17(2)16-13(12)9-20-3/h8,11H,4-7,9-10H2,1-3H3. The van der Waals surface area contributed by atoms with Gasteiger partial charge in [-0.15, -0.1) is 0 Å². The molecule has 0 bridgehead atoms. The van der Waals surface area contributed by atoms with Gasteiger partial charge >= 0.3 is 0 Å². The van der Waals surface area contributed by atoms with E-state index in [1.807, 2.05) is 11.9 Å². The van der Waals surface area contributed by atoms with E-state index in [0.717, 1.165) is 0 Å². The third-order valence-corrected chi connectivity index (χ3v) is 4.59. The van der Waals surface area contributed by atoms with Crippen molar-refractivity contribution in [3.63, 3.8) is 0 Å². The first-order chi connectivity index (χ1) is 10.1. The largest absolute Gasteiger partial charge is 0.378 e. The lowest BCUT2D eigenvalue weighted by molar-refractivity contribution is -0.0548. The minimum Gasteiger partial charge on any atom is -0.378 e. The van der Waals surface area contributed by atoms with Crippen LogP contribution in [0.4, 0.5) is 0 Å². The number of aromatic nitrogens is 2. The van der Waals surface area contributed by atoms with Gasteiger partial charge in [-0.25, -0.2) is 0 Å². The maximum atomic E-state index is 13.0. The maximum Gasteiger partial charge on any atom is 0.258 e. The first-order valence-corrected chi connectivity index (χ1v) is 7.47. The average molecular weight is 293 g/mol. The summed E-state index contributed by atoms with van der Waals surface area (Å²) in [6.07, 6.45) is 4.16. The van der Waals surface area contributed by atoms with Gasteiger partial charge in [0.05, 0.1) is 30.9 Å². The molecule has 1 aliphatic heterocycles. The predicted octanol–water partition coefficient (Wildman–Crippen LogP) is 1.21. The van der Waals surface area contributed by atoms with E-state index >= 15 is 0 Å². The van der Waals surface area contributed by atoms with E-state index < -0.39 is 0 Å². The fraction of sp³-hybridized carbons (Fsp3) is 0.733. The van der Waals surface area contributed by atoms with Gasteiger partial charge in [-0.1, -0.05) is 0 Å². The number of hydrogen-bond donors (Lipinski definition) is 0. The molecule has 0 radical (unpaired) electrons. The Balaban J connectivity index is 1.89. The number of ether oxygens (including phenoxy) is 2. The molecule has 1 amide bonds. The smallest absolute Gasteiger partial charge is 0.258 e. The summed E-state index contributed by atoms with van der Waals surface area (Å²) >= 11 is 0. The van der Waals surface area contributed by atoms with Crippen LogP contribution in [0.15, 0.2) is 6.20 Å². The monoisotopic (exact) mass is 293 g/mol. The average Bonchev–Trinajstić information content (AvgIpc) is 3.24. The van der Waals surface area contributed by atoms with Crippen LogP contribution in [0.2, 0.25) is 0 Å². The van der Waals surface area contributed by atoms with Crippen molar-refractivity contribution in [1.29, 1.82) is 0 Å². The Morgan fingerprint density at radius 3 is 3.00 bits per heavy atom. The number of morpholine rings is 1. The zero-order chi connectivity index (χ0) is 15.0. The molecule has 116 valence electrons. The number of hydrogen-bond acceptors (Lipinski definition) is 4. The number of carbonyl (C=O) groups excluding carboxylic acids is 1. The van der Waals surface area contributed by atoms with Crippen LogP contribution in [0.25, 0.3) is 0 Å². The predicted molar refractivity (Wildman–Crippen MR) is 76.9 cm³/mol. The summed E-state index contributed by atoms with van der Waals surface area (Å²) in [5.41, 5.74) is 1.16. The first kappa shape index (κ1) is 14.5. The quantitative estimate of drug-likeness (QED) is 0.837. The Kier molecular flexibility index (Phi) is 3.75. The molecule has 0 aromatic carbocycles. The van der Waals surface area contributed by atoms with Crippen molar-refractivity contribution >= 4 is 5.91 Å². The van der Waals surface area contributed by atoms with E-state index in [1.54, 1.807) is 18.0 Å². The summed E-state index contributed by atoms with van der Waals surface area (Å²) in [5.74, 6) is 0.608. The van der Waals surface area contributed by atoms with Crippen LogP contribution >= 0.6 is 0 Å².